The van der Waals surface area contributed by atoms with E-state index in [0.717, 1.165) is 5.56 Å². The van der Waals surface area contributed by atoms with Crippen LogP contribution in [0.15, 0.2) is 42.6 Å². The predicted octanol–water partition coefficient (Wildman–Crippen LogP) is 3.04. The highest BCUT2D eigenvalue weighted by Crippen LogP contribution is 2.15. The lowest BCUT2D eigenvalue weighted by atomic mass is 10.1. The Kier molecular flexibility index (Phi) is 5.06. The van der Waals surface area contributed by atoms with Crippen LogP contribution in [0.5, 0.6) is 0 Å². The van der Waals surface area contributed by atoms with Gasteiger partial charge in [-0.05, 0) is 36.4 Å². The van der Waals surface area contributed by atoms with E-state index in [4.69, 9.17) is 11.6 Å². The standard InChI is InChI=1S/C15H16ClFN2O/c1-19(9-11-2-7-15(16)18-8-11)10-14(20)12-3-5-13(17)6-4-12/h2-8,14,20H,9-10H2,1H3. The van der Waals surface area contributed by atoms with Gasteiger partial charge in [0.25, 0.3) is 0 Å². The molecule has 0 aliphatic rings. The van der Waals surface area contributed by atoms with Crippen molar-refractivity contribution in [1.29, 1.82) is 0 Å². The molecule has 0 aliphatic heterocycles. The minimum absolute atomic E-state index is 0.304. The molecule has 1 unspecified atom stereocenters. The first kappa shape index (κ1) is 14.9. The molecule has 0 saturated heterocycles. The maximum absolute atomic E-state index is 12.8. The highest BCUT2D eigenvalue weighted by atomic mass is 35.5. The summed E-state index contributed by atoms with van der Waals surface area (Å²) >= 11 is 5.73. The van der Waals surface area contributed by atoms with E-state index >= 15 is 0 Å². The number of hydrogen-bond donors (Lipinski definition) is 1. The molecule has 20 heavy (non-hydrogen) atoms. The van der Waals surface area contributed by atoms with E-state index in [0.29, 0.717) is 23.8 Å². The summed E-state index contributed by atoms with van der Waals surface area (Å²) in [4.78, 5) is 5.98. The number of benzene rings is 1. The largest absolute Gasteiger partial charge is 0.387 e. The molecule has 1 N–H and O–H groups in total. The normalized spacial score (nSPS) is 12.7. The lowest BCUT2D eigenvalue weighted by molar-refractivity contribution is 0.123. The molecule has 3 nitrogen and oxygen atoms in total. The number of hydrogen-bond acceptors (Lipinski definition) is 3. The molecule has 106 valence electrons. The van der Waals surface area contributed by atoms with E-state index < -0.39 is 6.10 Å². The van der Waals surface area contributed by atoms with Crippen molar-refractivity contribution in [1.82, 2.24) is 9.88 Å². The fourth-order valence-electron chi connectivity index (χ4n) is 1.96. The van der Waals surface area contributed by atoms with Crippen LogP contribution in [0.1, 0.15) is 17.2 Å². The maximum atomic E-state index is 12.8. The van der Waals surface area contributed by atoms with Gasteiger partial charge in [-0.2, -0.15) is 0 Å². The summed E-state index contributed by atoms with van der Waals surface area (Å²) in [6, 6.07) is 9.52. The third-order valence-electron chi connectivity index (χ3n) is 2.98. The lowest BCUT2D eigenvalue weighted by Gasteiger charge is -2.20. The monoisotopic (exact) mass is 294 g/mol. The van der Waals surface area contributed by atoms with Crippen molar-refractivity contribution in [2.24, 2.45) is 0 Å². The zero-order valence-corrected chi connectivity index (χ0v) is 11.9. The van der Waals surface area contributed by atoms with Gasteiger partial charge in [0.15, 0.2) is 0 Å². The summed E-state index contributed by atoms with van der Waals surface area (Å²) < 4.78 is 12.8. The molecule has 1 aromatic carbocycles. The summed E-state index contributed by atoms with van der Waals surface area (Å²) in [5.41, 5.74) is 1.72. The smallest absolute Gasteiger partial charge is 0.129 e. The summed E-state index contributed by atoms with van der Waals surface area (Å²) in [6.45, 7) is 1.11. The molecular weight excluding hydrogens is 279 g/mol. The molecule has 5 heteroatoms. The van der Waals surface area contributed by atoms with Crippen LogP contribution in [0.25, 0.3) is 0 Å². The molecule has 1 heterocycles. The van der Waals surface area contributed by atoms with E-state index in [1.54, 1.807) is 24.4 Å². The fraction of sp³-hybridized carbons (Fsp3) is 0.267. The van der Waals surface area contributed by atoms with Crippen molar-refractivity contribution in [3.05, 3.63) is 64.7 Å². The number of halogens is 2. The summed E-state index contributed by atoms with van der Waals surface area (Å²) in [5.74, 6) is -0.304. The SMILES string of the molecule is CN(Cc1ccc(Cl)nc1)CC(O)c1ccc(F)cc1. The molecule has 2 aromatic rings. The van der Waals surface area contributed by atoms with E-state index in [-0.39, 0.29) is 5.82 Å². The summed E-state index contributed by atoms with van der Waals surface area (Å²) in [5, 5.41) is 10.6. The Bertz CT molecular complexity index is 545. The van der Waals surface area contributed by atoms with Crippen molar-refractivity contribution in [3.8, 4) is 0 Å². The van der Waals surface area contributed by atoms with E-state index in [1.807, 2.05) is 18.0 Å². The molecule has 0 saturated carbocycles. The molecule has 0 amide bonds. The third kappa shape index (κ3) is 4.27. The molecule has 1 aromatic heterocycles. The predicted molar refractivity (Wildman–Crippen MR) is 76.9 cm³/mol. The Balaban J connectivity index is 1.92. The number of rotatable bonds is 5. The van der Waals surface area contributed by atoms with Gasteiger partial charge in [0.05, 0.1) is 6.10 Å². The van der Waals surface area contributed by atoms with Gasteiger partial charge >= 0.3 is 0 Å². The Morgan fingerprint density at radius 3 is 2.55 bits per heavy atom. The summed E-state index contributed by atoms with van der Waals surface area (Å²) in [7, 11) is 1.90. The van der Waals surface area contributed by atoms with E-state index in [1.165, 1.54) is 12.1 Å². The lowest BCUT2D eigenvalue weighted by Crippen LogP contribution is -2.24. The zero-order chi connectivity index (χ0) is 14.5. The molecule has 1 atom stereocenters. The van der Waals surface area contributed by atoms with Crippen molar-refractivity contribution in [3.63, 3.8) is 0 Å². The first-order valence-electron chi connectivity index (χ1n) is 6.27. The van der Waals surface area contributed by atoms with Gasteiger partial charge in [-0.15, -0.1) is 0 Å². The quantitative estimate of drug-likeness (QED) is 0.861. The second-order valence-corrected chi connectivity index (χ2v) is 5.14. The molecule has 0 radical (unpaired) electrons. The molecule has 0 aliphatic carbocycles. The Hall–Kier alpha value is -1.49. The number of likely N-dealkylation sites (N-methyl/N-ethyl adjacent to an activating group) is 1. The third-order valence-corrected chi connectivity index (χ3v) is 3.20. The van der Waals surface area contributed by atoms with Gasteiger partial charge in [0.2, 0.25) is 0 Å². The van der Waals surface area contributed by atoms with Crippen LogP contribution in [0.2, 0.25) is 5.15 Å². The molecular formula is C15H16ClFN2O. The minimum Gasteiger partial charge on any atom is -0.387 e. The van der Waals surface area contributed by atoms with Crippen molar-refractivity contribution < 1.29 is 9.50 Å². The van der Waals surface area contributed by atoms with Gasteiger partial charge < -0.3 is 5.11 Å². The van der Waals surface area contributed by atoms with E-state index in [2.05, 4.69) is 4.98 Å². The zero-order valence-electron chi connectivity index (χ0n) is 11.1. The van der Waals surface area contributed by atoms with Gasteiger partial charge in [0.1, 0.15) is 11.0 Å². The Morgan fingerprint density at radius 2 is 1.95 bits per heavy atom. The Morgan fingerprint density at radius 1 is 1.25 bits per heavy atom. The van der Waals surface area contributed by atoms with Gasteiger partial charge in [0, 0.05) is 19.3 Å². The van der Waals surface area contributed by atoms with Crippen LogP contribution in [-0.2, 0) is 6.54 Å². The average molecular weight is 295 g/mol. The number of aliphatic hydroxyl groups is 1. The first-order chi connectivity index (χ1) is 9.54. The molecule has 0 bridgehead atoms. The summed E-state index contributed by atoms with van der Waals surface area (Å²) in [6.07, 6.45) is 1.06. The number of pyridine rings is 1. The number of nitrogens with zero attached hydrogens (tertiary/aromatic N) is 2. The van der Waals surface area contributed by atoms with E-state index in [9.17, 15) is 9.50 Å². The number of aliphatic hydroxyl groups excluding tert-OH is 1. The highest BCUT2D eigenvalue weighted by molar-refractivity contribution is 6.29. The van der Waals surface area contributed by atoms with Crippen LogP contribution in [0, 0.1) is 5.82 Å². The van der Waals surface area contributed by atoms with Gasteiger partial charge in [-0.1, -0.05) is 29.8 Å². The molecule has 2 rings (SSSR count). The minimum atomic E-state index is -0.652. The van der Waals surface area contributed by atoms with Crippen molar-refractivity contribution in [2.75, 3.05) is 13.6 Å². The average Bonchev–Trinajstić information content (AvgIpc) is 2.42. The first-order valence-corrected chi connectivity index (χ1v) is 6.65. The Labute approximate surface area is 122 Å². The van der Waals surface area contributed by atoms with Crippen molar-refractivity contribution >= 4 is 11.6 Å². The molecule has 0 spiro atoms. The van der Waals surface area contributed by atoms with Crippen LogP contribution >= 0.6 is 11.6 Å². The van der Waals surface area contributed by atoms with Crippen LogP contribution in [0.4, 0.5) is 4.39 Å². The van der Waals surface area contributed by atoms with Gasteiger partial charge in [-0.3, -0.25) is 4.90 Å². The highest BCUT2D eigenvalue weighted by Gasteiger charge is 2.11. The van der Waals surface area contributed by atoms with Crippen LogP contribution in [-0.4, -0.2) is 28.6 Å². The van der Waals surface area contributed by atoms with Crippen LogP contribution < -0.4 is 0 Å². The second kappa shape index (κ2) is 6.79. The van der Waals surface area contributed by atoms with Crippen LogP contribution in [0.3, 0.4) is 0 Å². The maximum Gasteiger partial charge on any atom is 0.129 e. The fourth-order valence-corrected chi connectivity index (χ4v) is 2.07. The topological polar surface area (TPSA) is 36.4 Å². The van der Waals surface area contributed by atoms with Crippen molar-refractivity contribution in [2.45, 2.75) is 12.6 Å². The number of aromatic nitrogens is 1. The van der Waals surface area contributed by atoms with Gasteiger partial charge in [-0.25, -0.2) is 9.37 Å². The molecule has 0 fully saturated rings. The second-order valence-electron chi connectivity index (χ2n) is 4.75.